The van der Waals surface area contributed by atoms with E-state index in [2.05, 4.69) is 5.32 Å². The van der Waals surface area contributed by atoms with Crippen molar-refractivity contribution in [3.63, 3.8) is 0 Å². The first-order valence-electron chi connectivity index (χ1n) is 5.76. The highest BCUT2D eigenvalue weighted by Gasteiger charge is 2.39. The van der Waals surface area contributed by atoms with Crippen LogP contribution in [0.15, 0.2) is 0 Å². The van der Waals surface area contributed by atoms with Gasteiger partial charge in [0.1, 0.15) is 12.2 Å². The van der Waals surface area contributed by atoms with Crippen LogP contribution in [0.25, 0.3) is 0 Å². The van der Waals surface area contributed by atoms with Gasteiger partial charge in [-0.2, -0.15) is 0 Å². The van der Waals surface area contributed by atoms with Gasteiger partial charge in [0.05, 0.1) is 5.92 Å². The second kappa shape index (κ2) is 5.01. The molecule has 0 aromatic rings. The summed E-state index contributed by atoms with van der Waals surface area (Å²) in [6, 6.07) is 0. The molecule has 0 spiro atoms. The van der Waals surface area contributed by atoms with E-state index in [1.54, 1.807) is 19.1 Å². The Bertz CT molecular complexity index is 309. The zero-order valence-corrected chi connectivity index (χ0v) is 10.1. The second-order valence-electron chi connectivity index (χ2n) is 4.50. The minimum atomic E-state index is -0.226. The number of rotatable bonds is 3. The van der Waals surface area contributed by atoms with Gasteiger partial charge in [-0.3, -0.25) is 9.59 Å². The standard InChI is InChI=1S/C11H18N2O4/c1-16-8-5-13(6-9(8)17-2)11(15)7-3-10(14)12-4-7/h7-9H,3-6H2,1-2H3,(H,12,14)/t7?,8-,9+. The summed E-state index contributed by atoms with van der Waals surface area (Å²) in [7, 11) is 3.23. The van der Waals surface area contributed by atoms with E-state index in [1.165, 1.54) is 0 Å². The fraction of sp³-hybridized carbons (Fsp3) is 0.818. The number of likely N-dealkylation sites (tertiary alicyclic amines) is 1. The lowest BCUT2D eigenvalue weighted by Gasteiger charge is -2.18. The molecule has 0 bridgehead atoms. The minimum absolute atomic E-state index is 0.0185. The predicted molar refractivity (Wildman–Crippen MR) is 59.3 cm³/mol. The Hall–Kier alpha value is -1.14. The maximum Gasteiger partial charge on any atom is 0.228 e. The Morgan fingerprint density at radius 1 is 1.29 bits per heavy atom. The summed E-state index contributed by atoms with van der Waals surface area (Å²) in [6.45, 7) is 1.53. The molecule has 6 nitrogen and oxygen atoms in total. The fourth-order valence-corrected chi connectivity index (χ4v) is 2.41. The van der Waals surface area contributed by atoms with Crippen molar-refractivity contribution in [2.45, 2.75) is 18.6 Å². The summed E-state index contributed by atoms with van der Waals surface area (Å²) in [5.74, 6) is -0.255. The Balaban J connectivity index is 1.95. The number of hydrogen-bond donors (Lipinski definition) is 1. The lowest BCUT2D eigenvalue weighted by Crippen LogP contribution is -2.36. The van der Waals surface area contributed by atoms with E-state index in [9.17, 15) is 9.59 Å². The number of carbonyl (C=O) groups excluding carboxylic acids is 2. The molecule has 2 rings (SSSR count). The summed E-state index contributed by atoms with van der Waals surface area (Å²) in [4.78, 5) is 25.0. The maximum atomic E-state index is 12.1. The van der Waals surface area contributed by atoms with Crippen LogP contribution in [0.3, 0.4) is 0 Å². The number of methoxy groups -OCH3 is 2. The smallest absolute Gasteiger partial charge is 0.228 e. The van der Waals surface area contributed by atoms with Crippen LogP contribution in [0.4, 0.5) is 0 Å². The predicted octanol–water partition coefficient (Wildman–Crippen LogP) is -1.01. The zero-order chi connectivity index (χ0) is 12.4. The Labute approximate surface area is 100 Å². The first kappa shape index (κ1) is 12.3. The highest BCUT2D eigenvalue weighted by molar-refractivity contribution is 5.89. The molecule has 17 heavy (non-hydrogen) atoms. The van der Waals surface area contributed by atoms with Crippen LogP contribution in [0.5, 0.6) is 0 Å². The average Bonchev–Trinajstić information content (AvgIpc) is 2.93. The van der Waals surface area contributed by atoms with E-state index in [4.69, 9.17) is 9.47 Å². The molecule has 2 fully saturated rings. The van der Waals surface area contributed by atoms with E-state index >= 15 is 0 Å². The molecule has 1 N–H and O–H groups in total. The average molecular weight is 242 g/mol. The van der Waals surface area contributed by atoms with Crippen molar-refractivity contribution in [1.29, 1.82) is 0 Å². The SMILES string of the molecule is CO[C@H]1CN(C(=O)C2CNC(=O)C2)C[C@H]1OC. The monoisotopic (exact) mass is 242 g/mol. The van der Waals surface area contributed by atoms with Gasteiger partial charge in [-0.05, 0) is 0 Å². The number of carbonyl (C=O) groups is 2. The highest BCUT2D eigenvalue weighted by Crippen LogP contribution is 2.20. The molecule has 1 unspecified atom stereocenters. The number of nitrogens with zero attached hydrogens (tertiary/aromatic N) is 1. The molecule has 2 heterocycles. The summed E-state index contributed by atoms with van der Waals surface area (Å²) in [6.07, 6.45) is 0.146. The normalized spacial score (nSPS) is 32.9. The van der Waals surface area contributed by atoms with Crippen LogP contribution in [0.2, 0.25) is 0 Å². The second-order valence-corrected chi connectivity index (χ2v) is 4.50. The van der Waals surface area contributed by atoms with Crippen LogP contribution in [0, 0.1) is 5.92 Å². The van der Waals surface area contributed by atoms with E-state index in [0.29, 0.717) is 26.1 Å². The zero-order valence-electron chi connectivity index (χ0n) is 10.1. The summed E-state index contributed by atoms with van der Waals surface area (Å²) in [5, 5.41) is 2.68. The summed E-state index contributed by atoms with van der Waals surface area (Å²) in [5.41, 5.74) is 0. The van der Waals surface area contributed by atoms with E-state index in [0.717, 1.165) is 0 Å². The van der Waals surface area contributed by atoms with Gasteiger partial charge >= 0.3 is 0 Å². The molecule has 2 amide bonds. The van der Waals surface area contributed by atoms with Gasteiger partial charge in [0.25, 0.3) is 0 Å². The van der Waals surface area contributed by atoms with Crippen LogP contribution < -0.4 is 5.32 Å². The molecule has 0 saturated carbocycles. The van der Waals surface area contributed by atoms with E-state index in [-0.39, 0.29) is 29.9 Å². The van der Waals surface area contributed by atoms with E-state index < -0.39 is 0 Å². The molecule has 3 atom stereocenters. The van der Waals surface area contributed by atoms with Crippen LogP contribution in [-0.4, -0.2) is 62.8 Å². The lowest BCUT2D eigenvalue weighted by atomic mass is 10.1. The van der Waals surface area contributed by atoms with Crippen molar-refractivity contribution in [3.05, 3.63) is 0 Å². The Morgan fingerprint density at radius 2 is 1.88 bits per heavy atom. The quantitative estimate of drug-likeness (QED) is 0.689. The Kier molecular flexibility index (Phi) is 3.63. The lowest BCUT2D eigenvalue weighted by molar-refractivity contribution is -0.135. The third-order valence-corrected chi connectivity index (χ3v) is 3.46. The van der Waals surface area contributed by atoms with Crippen molar-refractivity contribution < 1.29 is 19.1 Å². The summed E-state index contributed by atoms with van der Waals surface area (Å²) >= 11 is 0. The van der Waals surface area contributed by atoms with Crippen molar-refractivity contribution in [2.24, 2.45) is 5.92 Å². The van der Waals surface area contributed by atoms with Gasteiger partial charge in [-0.15, -0.1) is 0 Å². The maximum absolute atomic E-state index is 12.1. The molecule has 6 heteroatoms. The van der Waals surface area contributed by atoms with Gasteiger partial charge in [-0.25, -0.2) is 0 Å². The molecular weight excluding hydrogens is 224 g/mol. The fourth-order valence-electron chi connectivity index (χ4n) is 2.41. The van der Waals surface area contributed by atoms with E-state index in [1.807, 2.05) is 0 Å². The number of ether oxygens (including phenoxy) is 2. The number of nitrogens with one attached hydrogen (secondary N) is 1. The molecule has 2 aliphatic heterocycles. The van der Waals surface area contributed by atoms with Gasteiger partial charge in [0, 0.05) is 40.3 Å². The molecule has 2 aliphatic rings. The molecule has 0 aliphatic carbocycles. The molecular formula is C11H18N2O4. The number of amides is 2. The van der Waals surface area contributed by atoms with Gasteiger partial charge in [0.2, 0.25) is 11.8 Å². The summed E-state index contributed by atoms with van der Waals surface area (Å²) < 4.78 is 10.6. The van der Waals surface area contributed by atoms with Crippen LogP contribution >= 0.6 is 0 Å². The van der Waals surface area contributed by atoms with Crippen molar-refractivity contribution >= 4 is 11.8 Å². The topological polar surface area (TPSA) is 67.9 Å². The van der Waals surface area contributed by atoms with Crippen molar-refractivity contribution in [2.75, 3.05) is 33.9 Å². The van der Waals surface area contributed by atoms with Crippen LogP contribution in [-0.2, 0) is 19.1 Å². The Morgan fingerprint density at radius 3 is 2.29 bits per heavy atom. The molecule has 0 aromatic heterocycles. The highest BCUT2D eigenvalue weighted by atomic mass is 16.5. The molecule has 0 radical (unpaired) electrons. The van der Waals surface area contributed by atoms with Crippen molar-refractivity contribution in [1.82, 2.24) is 10.2 Å². The minimum Gasteiger partial charge on any atom is -0.377 e. The van der Waals surface area contributed by atoms with Crippen molar-refractivity contribution in [3.8, 4) is 0 Å². The van der Waals surface area contributed by atoms with Gasteiger partial charge in [0.15, 0.2) is 0 Å². The molecule has 0 aromatic carbocycles. The molecule has 2 saturated heterocycles. The first-order valence-corrected chi connectivity index (χ1v) is 5.76. The van der Waals surface area contributed by atoms with Gasteiger partial charge in [-0.1, -0.05) is 0 Å². The van der Waals surface area contributed by atoms with Gasteiger partial charge < -0.3 is 19.7 Å². The third-order valence-electron chi connectivity index (χ3n) is 3.46. The first-order chi connectivity index (χ1) is 8.15. The largest absolute Gasteiger partial charge is 0.377 e. The number of hydrogen-bond acceptors (Lipinski definition) is 4. The molecule has 96 valence electrons. The van der Waals surface area contributed by atoms with Crippen LogP contribution in [0.1, 0.15) is 6.42 Å². The third kappa shape index (κ3) is 2.42.